The Balaban J connectivity index is 1.82. The zero-order valence-corrected chi connectivity index (χ0v) is 13.8. The highest BCUT2D eigenvalue weighted by molar-refractivity contribution is 5.86. The van der Waals surface area contributed by atoms with Crippen molar-refractivity contribution in [2.75, 3.05) is 6.54 Å². The summed E-state index contributed by atoms with van der Waals surface area (Å²) >= 11 is 0. The smallest absolute Gasteiger partial charge is 0.00103 e. The van der Waals surface area contributed by atoms with Crippen LogP contribution in [0, 0.1) is 6.92 Å². The molecule has 2 aromatic carbocycles. The van der Waals surface area contributed by atoms with Crippen molar-refractivity contribution in [2.45, 2.75) is 58.9 Å². The summed E-state index contributed by atoms with van der Waals surface area (Å²) in [7, 11) is 0. The van der Waals surface area contributed by atoms with Crippen LogP contribution < -0.4 is 5.32 Å². The number of hydrogen-bond acceptors (Lipinski definition) is 1. The van der Waals surface area contributed by atoms with Gasteiger partial charge >= 0.3 is 0 Å². The molecule has 0 saturated heterocycles. The summed E-state index contributed by atoms with van der Waals surface area (Å²) in [5.41, 5.74) is 2.99. The fourth-order valence-corrected chi connectivity index (χ4v) is 2.95. The van der Waals surface area contributed by atoms with Crippen molar-refractivity contribution in [3.63, 3.8) is 0 Å². The highest BCUT2D eigenvalue weighted by atomic mass is 14.9. The maximum atomic E-state index is 3.49. The van der Waals surface area contributed by atoms with Crippen LogP contribution in [0.25, 0.3) is 10.8 Å². The molecule has 2 aromatic rings. The Kier molecular flexibility index (Phi) is 6.25. The van der Waals surface area contributed by atoms with Crippen molar-refractivity contribution < 1.29 is 0 Å². The fourth-order valence-electron chi connectivity index (χ4n) is 2.95. The standard InChI is InChI=1S/C20H29N/c1-16(2)21-15-9-5-4-6-11-19-17(3)13-14-18-10-7-8-12-20(18)19/h7-8,10,12-14,16,21H,4-6,9,11,15H2,1-3H3. The van der Waals surface area contributed by atoms with Gasteiger partial charge in [-0.25, -0.2) is 0 Å². The third-order valence-corrected chi connectivity index (χ3v) is 4.18. The minimum Gasteiger partial charge on any atom is -0.315 e. The highest BCUT2D eigenvalue weighted by Gasteiger charge is 2.04. The Morgan fingerprint density at radius 2 is 1.67 bits per heavy atom. The molecule has 0 aliphatic heterocycles. The van der Waals surface area contributed by atoms with Crippen molar-refractivity contribution in [3.05, 3.63) is 47.5 Å². The predicted octanol–water partition coefficient (Wildman–Crippen LogP) is 5.25. The van der Waals surface area contributed by atoms with Gasteiger partial charge in [-0.3, -0.25) is 0 Å². The second-order valence-electron chi connectivity index (χ2n) is 6.36. The van der Waals surface area contributed by atoms with Gasteiger partial charge in [0.2, 0.25) is 0 Å². The Morgan fingerprint density at radius 1 is 0.905 bits per heavy atom. The van der Waals surface area contributed by atoms with E-state index < -0.39 is 0 Å². The second kappa shape index (κ2) is 8.19. The molecule has 1 N–H and O–H groups in total. The first kappa shape index (κ1) is 16.0. The van der Waals surface area contributed by atoms with Gasteiger partial charge < -0.3 is 5.32 Å². The summed E-state index contributed by atoms with van der Waals surface area (Å²) in [6, 6.07) is 13.9. The van der Waals surface area contributed by atoms with Crippen LogP contribution in [0.5, 0.6) is 0 Å². The number of nitrogens with one attached hydrogen (secondary N) is 1. The Hall–Kier alpha value is -1.34. The van der Waals surface area contributed by atoms with Gasteiger partial charge in [0.15, 0.2) is 0 Å². The minimum atomic E-state index is 0.614. The quantitative estimate of drug-likeness (QED) is 0.652. The molecule has 1 heteroatoms. The summed E-state index contributed by atoms with van der Waals surface area (Å²) in [6.45, 7) is 7.83. The molecule has 0 spiro atoms. The lowest BCUT2D eigenvalue weighted by Gasteiger charge is -2.11. The molecule has 0 amide bonds. The fraction of sp³-hybridized carbons (Fsp3) is 0.500. The van der Waals surface area contributed by atoms with Gasteiger partial charge in [-0.1, -0.05) is 63.1 Å². The van der Waals surface area contributed by atoms with Gasteiger partial charge in [-0.15, -0.1) is 0 Å². The van der Waals surface area contributed by atoms with Crippen molar-refractivity contribution in [3.8, 4) is 0 Å². The third-order valence-electron chi connectivity index (χ3n) is 4.18. The van der Waals surface area contributed by atoms with Crippen LogP contribution in [-0.2, 0) is 6.42 Å². The normalized spacial score (nSPS) is 11.4. The molecule has 114 valence electrons. The largest absolute Gasteiger partial charge is 0.315 e. The van der Waals surface area contributed by atoms with Crippen LogP contribution >= 0.6 is 0 Å². The molecule has 0 atom stereocenters. The molecule has 0 heterocycles. The summed E-state index contributed by atoms with van der Waals surface area (Å²) < 4.78 is 0. The Bertz CT molecular complexity index is 557. The number of fused-ring (bicyclic) bond motifs is 1. The van der Waals surface area contributed by atoms with Crippen LogP contribution in [0.4, 0.5) is 0 Å². The SMILES string of the molecule is Cc1ccc2ccccc2c1CCCCCCNC(C)C. The number of rotatable bonds is 8. The van der Waals surface area contributed by atoms with Crippen LogP contribution in [0.1, 0.15) is 50.7 Å². The number of benzene rings is 2. The molecular formula is C20H29N. The van der Waals surface area contributed by atoms with E-state index in [1.165, 1.54) is 48.4 Å². The molecule has 0 unspecified atom stereocenters. The molecule has 21 heavy (non-hydrogen) atoms. The number of hydrogen-bond donors (Lipinski definition) is 1. The Morgan fingerprint density at radius 3 is 2.48 bits per heavy atom. The van der Waals surface area contributed by atoms with E-state index in [4.69, 9.17) is 0 Å². The molecule has 2 rings (SSSR count). The molecule has 0 aromatic heterocycles. The van der Waals surface area contributed by atoms with Gasteiger partial charge in [-0.05, 0) is 54.6 Å². The van der Waals surface area contributed by atoms with Crippen LogP contribution in [0.2, 0.25) is 0 Å². The number of aryl methyl sites for hydroxylation is 2. The van der Waals surface area contributed by atoms with E-state index in [0.717, 1.165) is 6.54 Å². The van der Waals surface area contributed by atoms with Gasteiger partial charge in [0.1, 0.15) is 0 Å². The topological polar surface area (TPSA) is 12.0 Å². The number of unbranched alkanes of at least 4 members (excludes halogenated alkanes) is 3. The molecule has 0 saturated carbocycles. The lowest BCUT2D eigenvalue weighted by atomic mass is 9.95. The molecule has 0 aliphatic rings. The monoisotopic (exact) mass is 283 g/mol. The Labute approximate surface area is 129 Å². The van der Waals surface area contributed by atoms with Crippen molar-refractivity contribution in [1.82, 2.24) is 5.32 Å². The summed E-state index contributed by atoms with van der Waals surface area (Å²) in [6.07, 6.45) is 6.49. The van der Waals surface area contributed by atoms with Crippen molar-refractivity contribution >= 4 is 10.8 Å². The summed E-state index contributed by atoms with van der Waals surface area (Å²) in [5.74, 6) is 0. The van der Waals surface area contributed by atoms with E-state index in [1.807, 2.05) is 0 Å². The first-order valence-corrected chi connectivity index (χ1v) is 8.39. The molecule has 0 fully saturated rings. The van der Waals surface area contributed by atoms with Crippen LogP contribution in [0.15, 0.2) is 36.4 Å². The third kappa shape index (κ3) is 4.86. The maximum Gasteiger partial charge on any atom is 0.00103 e. The van der Waals surface area contributed by atoms with E-state index in [1.54, 1.807) is 5.56 Å². The molecule has 0 radical (unpaired) electrons. The summed E-state index contributed by atoms with van der Waals surface area (Å²) in [5, 5.41) is 6.31. The van der Waals surface area contributed by atoms with Gasteiger partial charge in [-0.2, -0.15) is 0 Å². The van der Waals surface area contributed by atoms with Gasteiger partial charge in [0.05, 0.1) is 0 Å². The van der Waals surface area contributed by atoms with E-state index in [9.17, 15) is 0 Å². The first-order chi connectivity index (χ1) is 10.2. The zero-order valence-electron chi connectivity index (χ0n) is 13.8. The van der Waals surface area contributed by atoms with Gasteiger partial charge in [0, 0.05) is 6.04 Å². The lowest BCUT2D eigenvalue weighted by molar-refractivity contribution is 0.542. The average molecular weight is 283 g/mol. The molecule has 1 nitrogen and oxygen atoms in total. The molecule has 0 bridgehead atoms. The summed E-state index contributed by atoms with van der Waals surface area (Å²) in [4.78, 5) is 0. The first-order valence-electron chi connectivity index (χ1n) is 8.39. The van der Waals surface area contributed by atoms with Crippen LogP contribution in [-0.4, -0.2) is 12.6 Å². The van der Waals surface area contributed by atoms with Crippen molar-refractivity contribution in [1.29, 1.82) is 0 Å². The maximum absolute atomic E-state index is 3.49. The van der Waals surface area contributed by atoms with Gasteiger partial charge in [0.25, 0.3) is 0 Å². The molecular weight excluding hydrogens is 254 g/mol. The van der Waals surface area contributed by atoms with E-state index in [2.05, 4.69) is 62.5 Å². The lowest BCUT2D eigenvalue weighted by Crippen LogP contribution is -2.23. The zero-order chi connectivity index (χ0) is 15.1. The molecule has 0 aliphatic carbocycles. The van der Waals surface area contributed by atoms with Crippen LogP contribution in [0.3, 0.4) is 0 Å². The van der Waals surface area contributed by atoms with E-state index in [-0.39, 0.29) is 0 Å². The van der Waals surface area contributed by atoms with Crippen molar-refractivity contribution in [2.24, 2.45) is 0 Å². The predicted molar refractivity (Wildman–Crippen MR) is 94.0 cm³/mol. The second-order valence-corrected chi connectivity index (χ2v) is 6.36. The van der Waals surface area contributed by atoms with E-state index in [0.29, 0.717) is 6.04 Å². The average Bonchev–Trinajstić information content (AvgIpc) is 2.48. The highest BCUT2D eigenvalue weighted by Crippen LogP contribution is 2.24. The van der Waals surface area contributed by atoms with E-state index >= 15 is 0 Å². The minimum absolute atomic E-state index is 0.614.